The molecule has 4 aromatic rings. The van der Waals surface area contributed by atoms with Crippen LogP contribution < -0.4 is 11.5 Å². The average Bonchev–Trinajstić information content (AvgIpc) is 2.88. The summed E-state index contributed by atoms with van der Waals surface area (Å²) in [7, 11) is 0. The fraction of sp³-hybridized carbons (Fsp3) is 0.0345. The van der Waals surface area contributed by atoms with Gasteiger partial charge >= 0.3 is 0 Å². The topological polar surface area (TPSA) is 120 Å². The molecule has 0 saturated heterocycles. The second kappa shape index (κ2) is 8.18. The number of hydrogen-bond acceptors (Lipinski definition) is 6. The zero-order valence-corrected chi connectivity index (χ0v) is 18.8. The lowest BCUT2D eigenvalue weighted by molar-refractivity contribution is 0.0979. The molecule has 6 rings (SSSR count). The molecule has 0 unspecified atom stereocenters. The molecule has 2 aliphatic carbocycles. The van der Waals surface area contributed by atoms with E-state index in [4.69, 9.17) is 11.5 Å². The summed E-state index contributed by atoms with van der Waals surface area (Å²) in [5.41, 5.74) is 16.7. The van der Waals surface area contributed by atoms with Gasteiger partial charge in [0.25, 0.3) is 0 Å². The highest BCUT2D eigenvalue weighted by Crippen LogP contribution is 2.32. The maximum Gasteiger partial charge on any atom is 0.196 e. The van der Waals surface area contributed by atoms with E-state index in [-0.39, 0.29) is 23.1 Å². The second-order valence-corrected chi connectivity index (χ2v) is 8.43. The van der Waals surface area contributed by atoms with Crippen molar-refractivity contribution >= 4 is 34.5 Å². The highest BCUT2D eigenvalue weighted by molar-refractivity contribution is 6.30. The van der Waals surface area contributed by atoms with Crippen molar-refractivity contribution < 1.29 is 19.2 Å². The van der Waals surface area contributed by atoms with Gasteiger partial charge in [-0.05, 0) is 36.8 Å². The van der Waals surface area contributed by atoms with Crippen molar-refractivity contribution in [2.45, 2.75) is 6.92 Å². The first-order chi connectivity index (χ1) is 16.8. The maximum atomic E-state index is 12.4. The first kappa shape index (κ1) is 22.0. The molecule has 0 radical (unpaired) electrons. The number of benzene rings is 4. The Kier molecular flexibility index (Phi) is 5.14. The summed E-state index contributed by atoms with van der Waals surface area (Å²) in [6.07, 6.45) is 0. The van der Waals surface area contributed by atoms with Crippen LogP contribution in [0.25, 0.3) is 0 Å². The summed E-state index contributed by atoms with van der Waals surface area (Å²) in [6, 6.07) is 22.0. The Morgan fingerprint density at radius 3 is 1.49 bits per heavy atom. The third kappa shape index (κ3) is 3.43. The van der Waals surface area contributed by atoms with Crippen molar-refractivity contribution in [2.75, 3.05) is 11.5 Å². The van der Waals surface area contributed by atoms with Crippen LogP contribution in [0.3, 0.4) is 0 Å². The maximum absolute atomic E-state index is 12.4. The number of rotatable bonds is 0. The summed E-state index contributed by atoms with van der Waals surface area (Å²) in [4.78, 5) is 49.1. The molecule has 4 N–H and O–H groups in total. The van der Waals surface area contributed by atoms with Crippen molar-refractivity contribution in [3.05, 3.63) is 129 Å². The van der Waals surface area contributed by atoms with Crippen LogP contribution in [0.2, 0.25) is 0 Å². The summed E-state index contributed by atoms with van der Waals surface area (Å²) in [6.45, 7) is 1.83. The fourth-order valence-corrected chi connectivity index (χ4v) is 4.43. The van der Waals surface area contributed by atoms with Gasteiger partial charge < -0.3 is 11.5 Å². The lowest BCUT2D eigenvalue weighted by Gasteiger charge is -2.19. The Balaban J connectivity index is 0.000000145. The van der Waals surface area contributed by atoms with E-state index in [1.165, 1.54) is 0 Å². The van der Waals surface area contributed by atoms with Gasteiger partial charge in [-0.3, -0.25) is 19.2 Å². The molecule has 0 aliphatic heterocycles. The number of anilines is 2. The van der Waals surface area contributed by atoms with Crippen molar-refractivity contribution in [2.24, 2.45) is 0 Å². The molecular formula is C29H20N2O4. The number of nitrogen functional groups attached to an aromatic ring is 2. The molecule has 0 heterocycles. The highest BCUT2D eigenvalue weighted by atomic mass is 16.1. The quantitative estimate of drug-likeness (QED) is 0.324. The van der Waals surface area contributed by atoms with Gasteiger partial charge in [0.05, 0.1) is 5.56 Å². The van der Waals surface area contributed by atoms with Gasteiger partial charge in [0.1, 0.15) is 0 Å². The van der Waals surface area contributed by atoms with Crippen molar-refractivity contribution in [1.29, 1.82) is 0 Å². The van der Waals surface area contributed by atoms with Crippen LogP contribution in [0.4, 0.5) is 11.4 Å². The van der Waals surface area contributed by atoms with Gasteiger partial charge in [0.2, 0.25) is 0 Å². The molecule has 0 atom stereocenters. The van der Waals surface area contributed by atoms with Crippen LogP contribution in [0.15, 0.2) is 78.9 Å². The molecule has 6 heteroatoms. The molecule has 0 aromatic heterocycles. The van der Waals surface area contributed by atoms with Crippen LogP contribution in [-0.2, 0) is 0 Å². The van der Waals surface area contributed by atoms with E-state index in [2.05, 4.69) is 0 Å². The number of fused-ring (bicyclic) bond motifs is 4. The van der Waals surface area contributed by atoms with Crippen LogP contribution in [0.5, 0.6) is 0 Å². The molecule has 0 saturated carbocycles. The zero-order chi connectivity index (χ0) is 24.9. The van der Waals surface area contributed by atoms with Crippen LogP contribution >= 0.6 is 0 Å². The molecule has 0 spiro atoms. The van der Waals surface area contributed by atoms with E-state index in [0.29, 0.717) is 55.9 Å². The second-order valence-electron chi connectivity index (χ2n) is 8.43. The van der Waals surface area contributed by atoms with Crippen molar-refractivity contribution in [3.8, 4) is 0 Å². The largest absolute Gasteiger partial charge is 0.399 e. The Hall–Kier alpha value is -4.84. The minimum Gasteiger partial charge on any atom is -0.399 e. The molecular weight excluding hydrogens is 440 g/mol. The number of aryl methyl sites for hydroxylation is 1. The van der Waals surface area contributed by atoms with Gasteiger partial charge in [-0.2, -0.15) is 0 Å². The van der Waals surface area contributed by atoms with Crippen molar-refractivity contribution in [3.63, 3.8) is 0 Å². The van der Waals surface area contributed by atoms with Gasteiger partial charge in [-0.25, -0.2) is 0 Å². The Morgan fingerprint density at radius 2 is 0.914 bits per heavy atom. The Labute approximate surface area is 201 Å². The minimum atomic E-state index is -0.165. The molecule has 0 fully saturated rings. The SMILES string of the molecule is Cc1ccc2c(c1N)C(=O)c1ccccc1C2=O.Nc1ccc2c(c1)C(=O)c1ccccc1C2=O. The Bertz CT molecular complexity index is 1600. The number of carbonyl (C=O) groups excluding carboxylic acids is 4. The molecule has 0 bridgehead atoms. The van der Waals surface area contributed by atoms with Crippen LogP contribution in [0.1, 0.15) is 69.2 Å². The molecule has 170 valence electrons. The third-order valence-corrected chi connectivity index (χ3v) is 6.30. The summed E-state index contributed by atoms with van der Waals surface area (Å²) < 4.78 is 0. The minimum absolute atomic E-state index is 0.116. The zero-order valence-electron chi connectivity index (χ0n) is 18.8. The number of carbonyl (C=O) groups is 4. The van der Waals surface area contributed by atoms with Crippen LogP contribution in [-0.4, -0.2) is 23.1 Å². The standard InChI is InChI=1S/C15H11NO2.C14H9NO2/c1-8-6-7-11-12(13(8)16)15(18)10-5-3-2-4-9(10)14(11)17;15-8-5-6-11-12(7-8)14(17)10-4-2-1-3-9(10)13(11)16/h2-7H,16H2,1H3;1-7H,15H2. The predicted octanol–water partition coefficient (Wildman–Crippen LogP) is 4.40. The molecule has 6 nitrogen and oxygen atoms in total. The number of hydrogen-bond donors (Lipinski definition) is 2. The smallest absolute Gasteiger partial charge is 0.196 e. The first-order valence-corrected chi connectivity index (χ1v) is 10.9. The summed E-state index contributed by atoms with van der Waals surface area (Å²) in [5, 5.41) is 0. The predicted molar refractivity (Wildman–Crippen MR) is 133 cm³/mol. The highest BCUT2D eigenvalue weighted by Gasteiger charge is 2.31. The fourth-order valence-electron chi connectivity index (χ4n) is 4.43. The van der Waals surface area contributed by atoms with E-state index in [9.17, 15) is 19.2 Å². The van der Waals surface area contributed by atoms with Gasteiger partial charge in [0.15, 0.2) is 23.1 Å². The van der Waals surface area contributed by atoms with Gasteiger partial charge in [-0.1, -0.05) is 54.6 Å². The first-order valence-electron chi connectivity index (χ1n) is 10.9. The van der Waals surface area contributed by atoms with Gasteiger partial charge in [0, 0.05) is 50.3 Å². The third-order valence-electron chi connectivity index (χ3n) is 6.30. The molecule has 35 heavy (non-hydrogen) atoms. The molecule has 0 amide bonds. The van der Waals surface area contributed by atoms with E-state index in [1.807, 2.05) is 6.92 Å². The van der Waals surface area contributed by atoms with E-state index in [1.54, 1.807) is 78.9 Å². The van der Waals surface area contributed by atoms with Crippen LogP contribution in [0, 0.1) is 6.92 Å². The van der Waals surface area contributed by atoms with Crippen molar-refractivity contribution in [1.82, 2.24) is 0 Å². The monoisotopic (exact) mass is 460 g/mol. The van der Waals surface area contributed by atoms with E-state index < -0.39 is 0 Å². The Morgan fingerprint density at radius 1 is 0.486 bits per heavy atom. The summed E-state index contributed by atoms with van der Waals surface area (Å²) in [5.74, 6) is -0.550. The normalized spacial score (nSPS) is 13.2. The number of ketones is 4. The van der Waals surface area contributed by atoms with Gasteiger partial charge in [-0.15, -0.1) is 0 Å². The van der Waals surface area contributed by atoms with E-state index >= 15 is 0 Å². The van der Waals surface area contributed by atoms with E-state index in [0.717, 1.165) is 5.56 Å². The number of nitrogens with two attached hydrogens (primary N) is 2. The molecule has 4 aromatic carbocycles. The summed E-state index contributed by atoms with van der Waals surface area (Å²) >= 11 is 0. The lowest BCUT2D eigenvalue weighted by atomic mass is 9.82. The molecule has 2 aliphatic rings. The lowest BCUT2D eigenvalue weighted by Crippen LogP contribution is -2.22. The average molecular weight is 460 g/mol.